The number of carbonyl (C=O) groups is 1. The van der Waals surface area contributed by atoms with Gasteiger partial charge >= 0.3 is 5.97 Å². The number of hydrogen-bond donors (Lipinski definition) is 1. The van der Waals surface area contributed by atoms with E-state index in [0.717, 1.165) is 0 Å². The van der Waals surface area contributed by atoms with Gasteiger partial charge in [-0.05, 0) is 31.5 Å². The Balaban J connectivity index is 2.28. The molecule has 0 aliphatic rings. The Morgan fingerprint density at radius 1 is 1.26 bits per heavy atom. The SMILES string of the molecule is Cc1ccc(Oc2ncc(C(=O)O)cc2C)cc1F. The zero-order valence-corrected chi connectivity index (χ0v) is 10.5. The Labute approximate surface area is 109 Å². The number of nitrogens with zero attached hydrogens (tertiary/aromatic N) is 1. The largest absolute Gasteiger partial charge is 0.478 e. The van der Waals surface area contributed by atoms with Crippen LogP contribution in [0.1, 0.15) is 21.5 Å². The first kappa shape index (κ1) is 13.0. The molecule has 1 heterocycles. The molecule has 0 bridgehead atoms. The van der Waals surface area contributed by atoms with Crippen molar-refractivity contribution < 1.29 is 19.0 Å². The first-order chi connectivity index (χ1) is 8.97. The Bertz CT molecular complexity index is 641. The molecule has 19 heavy (non-hydrogen) atoms. The fraction of sp³-hybridized carbons (Fsp3) is 0.143. The van der Waals surface area contributed by atoms with E-state index in [4.69, 9.17) is 9.84 Å². The van der Waals surface area contributed by atoms with Crippen molar-refractivity contribution in [2.24, 2.45) is 0 Å². The van der Waals surface area contributed by atoms with Crippen LogP contribution in [0.4, 0.5) is 4.39 Å². The van der Waals surface area contributed by atoms with Crippen molar-refractivity contribution >= 4 is 5.97 Å². The summed E-state index contributed by atoms with van der Waals surface area (Å²) in [5.74, 6) is -0.837. The maximum Gasteiger partial charge on any atom is 0.337 e. The number of benzene rings is 1. The van der Waals surface area contributed by atoms with Crippen LogP contribution in [0.15, 0.2) is 30.5 Å². The van der Waals surface area contributed by atoms with Gasteiger partial charge in [0.1, 0.15) is 11.6 Å². The van der Waals surface area contributed by atoms with E-state index in [1.165, 1.54) is 18.3 Å². The molecule has 1 N–H and O–H groups in total. The predicted octanol–water partition coefficient (Wildman–Crippen LogP) is 3.33. The van der Waals surface area contributed by atoms with Crippen molar-refractivity contribution in [3.8, 4) is 11.6 Å². The third kappa shape index (κ3) is 2.88. The number of carboxylic acid groups (broad SMARTS) is 1. The molecule has 0 saturated carbocycles. The number of hydrogen-bond acceptors (Lipinski definition) is 3. The van der Waals surface area contributed by atoms with Gasteiger partial charge in [-0.25, -0.2) is 14.2 Å². The molecule has 0 unspecified atom stereocenters. The van der Waals surface area contributed by atoms with E-state index < -0.39 is 5.97 Å². The summed E-state index contributed by atoms with van der Waals surface area (Å²) in [6.45, 7) is 3.34. The summed E-state index contributed by atoms with van der Waals surface area (Å²) in [6, 6.07) is 5.95. The molecule has 0 atom stereocenters. The molecule has 0 radical (unpaired) electrons. The number of aromatic carboxylic acids is 1. The number of halogens is 1. The molecule has 1 aromatic carbocycles. The number of ether oxygens (including phenoxy) is 1. The lowest BCUT2D eigenvalue weighted by atomic mass is 10.2. The summed E-state index contributed by atoms with van der Waals surface area (Å²) in [5.41, 5.74) is 1.18. The van der Waals surface area contributed by atoms with Crippen LogP contribution in [0, 0.1) is 19.7 Å². The summed E-state index contributed by atoms with van der Waals surface area (Å²) in [4.78, 5) is 14.7. The van der Waals surface area contributed by atoms with Gasteiger partial charge in [0, 0.05) is 17.8 Å². The molecule has 0 aliphatic carbocycles. The number of aromatic nitrogens is 1. The van der Waals surface area contributed by atoms with Gasteiger partial charge in [-0.2, -0.15) is 0 Å². The number of pyridine rings is 1. The van der Waals surface area contributed by atoms with Crippen molar-refractivity contribution in [2.45, 2.75) is 13.8 Å². The molecule has 5 heteroatoms. The zero-order chi connectivity index (χ0) is 14.0. The van der Waals surface area contributed by atoms with Gasteiger partial charge in [-0.1, -0.05) is 6.07 Å². The summed E-state index contributed by atoms with van der Waals surface area (Å²) in [5, 5.41) is 8.83. The van der Waals surface area contributed by atoms with Gasteiger partial charge in [0.15, 0.2) is 0 Å². The summed E-state index contributed by atoms with van der Waals surface area (Å²) in [7, 11) is 0. The van der Waals surface area contributed by atoms with Gasteiger partial charge in [0.05, 0.1) is 5.56 Å². The van der Waals surface area contributed by atoms with Gasteiger partial charge in [0.25, 0.3) is 0 Å². The van der Waals surface area contributed by atoms with E-state index in [1.54, 1.807) is 26.0 Å². The lowest BCUT2D eigenvalue weighted by Crippen LogP contribution is -2.00. The maximum absolute atomic E-state index is 13.4. The fourth-order valence-corrected chi connectivity index (χ4v) is 1.53. The summed E-state index contributed by atoms with van der Waals surface area (Å²) in [6.07, 6.45) is 1.20. The molecule has 2 aromatic rings. The van der Waals surface area contributed by atoms with E-state index in [9.17, 15) is 9.18 Å². The normalized spacial score (nSPS) is 10.3. The minimum absolute atomic E-state index is 0.0833. The van der Waals surface area contributed by atoms with Crippen molar-refractivity contribution in [1.29, 1.82) is 0 Å². The third-order valence-corrected chi connectivity index (χ3v) is 2.64. The lowest BCUT2D eigenvalue weighted by molar-refractivity contribution is 0.0696. The average molecular weight is 261 g/mol. The highest BCUT2D eigenvalue weighted by Crippen LogP contribution is 2.24. The second-order valence-corrected chi connectivity index (χ2v) is 4.16. The second kappa shape index (κ2) is 5.06. The molecular formula is C14H12FNO3. The van der Waals surface area contributed by atoms with E-state index >= 15 is 0 Å². The minimum Gasteiger partial charge on any atom is -0.478 e. The Kier molecular flexibility index (Phi) is 3.46. The Morgan fingerprint density at radius 3 is 2.58 bits per heavy atom. The van der Waals surface area contributed by atoms with E-state index in [2.05, 4.69) is 4.98 Å². The third-order valence-electron chi connectivity index (χ3n) is 2.64. The van der Waals surface area contributed by atoms with Gasteiger partial charge in [-0.3, -0.25) is 0 Å². The van der Waals surface area contributed by atoms with Crippen molar-refractivity contribution in [2.75, 3.05) is 0 Å². The molecule has 0 aliphatic heterocycles. The van der Waals surface area contributed by atoms with Crippen LogP contribution in [-0.2, 0) is 0 Å². The average Bonchev–Trinajstić information content (AvgIpc) is 2.36. The van der Waals surface area contributed by atoms with Crippen LogP contribution in [0.5, 0.6) is 11.6 Å². The zero-order valence-electron chi connectivity index (χ0n) is 10.5. The van der Waals surface area contributed by atoms with Gasteiger partial charge in [-0.15, -0.1) is 0 Å². The molecule has 2 rings (SSSR count). The van der Waals surface area contributed by atoms with Crippen LogP contribution in [0.3, 0.4) is 0 Å². The summed E-state index contributed by atoms with van der Waals surface area (Å²) < 4.78 is 18.8. The van der Waals surface area contributed by atoms with Crippen molar-refractivity contribution in [3.63, 3.8) is 0 Å². The maximum atomic E-state index is 13.4. The molecule has 98 valence electrons. The van der Waals surface area contributed by atoms with Crippen molar-refractivity contribution in [3.05, 3.63) is 53.0 Å². The Morgan fingerprint density at radius 2 is 2.00 bits per heavy atom. The molecule has 0 saturated heterocycles. The number of carboxylic acids is 1. The monoisotopic (exact) mass is 261 g/mol. The van der Waals surface area contributed by atoms with Crippen LogP contribution in [0.2, 0.25) is 0 Å². The molecule has 1 aromatic heterocycles. The van der Waals surface area contributed by atoms with Crippen LogP contribution in [0.25, 0.3) is 0 Å². The summed E-state index contributed by atoms with van der Waals surface area (Å²) >= 11 is 0. The number of rotatable bonds is 3. The fourth-order valence-electron chi connectivity index (χ4n) is 1.53. The smallest absolute Gasteiger partial charge is 0.337 e. The van der Waals surface area contributed by atoms with Gasteiger partial charge in [0.2, 0.25) is 5.88 Å². The topological polar surface area (TPSA) is 59.4 Å². The highest BCUT2D eigenvalue weighted by atomic mass is 19.1. The van der Waals surface area contributed by atoms with E-state index in [0.29, 0.717) is 16.9 Å². The molecule has 0 amide bonds. The van der Waals surface area contributed by atoms with E-state index in [1.807, 2.05) is 0 Å². The highest BCUT2D eigenvalue weighted by Gasteiger charge is 2.09. The first-order valence-electron chi connectivity index (χ1n) is 5.61. The van der Waals surface area contributed by atoms with E-state index in [-0.39, 0.29) is 17.3 Å². The molecule has 0 fully saturated rings. The van der Waals surface area contributed by atoms with Crippen LogP contribution in [-0.4, -0.2) is 16.1 Å². The Hall–Kier alpha value is -2.43. The second-order valence-electron chi connectivity index (χ2n) is 4.16. The van der Waals surface area contributed by atoms with Crippen LogP contribution < -0.4 is 4.74 Å². The lowest BCUT2D eigenvalue weighted by Gasteiger charge is -2.08. The molecular weight excluding hydrogens is 249 g/mol. The quantitative estimate of drug-likeness (QED) is 0.920. The molecule has 4 nitrogen and oxygen atoms in total. The van der Waals surface area contributed by atoms with Crippen molar-refractivity contribution in [1.82, 2.24) is 4.98 Å². The number of aryl methyl sites for hydroxylation is 2. The first-order valence-corrected chi connectivity index (χ1v) is 5.61. The minimum atomic E-state index is -1.05. The van der Waals surface area contributed by atoms with Crippen LogP contribution >= 0.6 is 0 Å². The highest BCUT2D eigenvalue weighted by molar-refractivity contribution is 5.87. The standard InChI is InChI=1S/C14H12FNO3/c1-8-3-4-11(6-12(8)15)19-13-9(2)5-10(7-16-13)14(17)18/h3-7H,1-2H3,(H,17,18). The van der Waals surface area contributed by atoms with Gasteiger partial charge < -0.3 is 9.84 Å². The molecule has 0 spiro atoms. The predicted molar refractivity (Wildman–Crippen MR) is 67.1 cm³/mol.